The molecule has 7 aromatic heterocycles. The van der Waals surface area contributed by atoms with E-state index in [2.05, 4.69) is 359 Å². The number of aromatic amines is 3. The van der Waals surface area contributed by atoms with Crippen molar-refractivity contribution in [1.29, 1.82) is 0 Å². The van der Waals surface area contributed by atoms with E-state index in [1.54, 1.807) is 11.3 Å². The van der Waals surface area contributed by atoms with E-state index >= 15 is 0 Å². The molecule has 0 bridgehead atoms. The van der Waals surface area contributed by atoms with Crippen LogP contribution in [0.3, 0.4) is 0 Å². The summed E-state index contributed by atoms with van der Waals surface area (Å²) in [5.41, 5.74) is 8.56. The van der Waals surface area contributed by atoms with Gasteiger partial charge in [0, 0.05) is 78.1 Å². The Morgan fingerprint density at radius 2 is 0.727 bits per heavy atom. The number of hydrogen-bond acceptors (Lipinski definition) is 15. The maximum Gasteiger partial charge on any atom is 0.251 e. The standard InChI is InChI=1S/2C14H23NO.C13H21NO.2C10H18N2O.2C10H18N2S/c1-9-10(13(2,3)4)8-15-12(16)11(9)14(5,6)7;1-9-10(13(2,3)4)8-11(12(16)15-9)14(5,6)7;1-12(2,3)9-7-10(13(4,5)6)11(15)14-8-9;1-9(2,3)7-11-12-8(13-7)10(4,5)6;1-9(2,3)7-11-8(13-12-7)10(4,5)6;1-9(2,3)7-11-12-8(13-7)10(4,5)6;1-9(2,3)7-11-8(13-12-7)10(4,5)6/h2*8H,1-7H3,(H,15,16);7-8H,1-6H3,(H,14,15);4*1-6H3. The maximum atomic E-state index is 11.9. The van der Waals surface area contributed by atoms with Crippen molar-refractivity contribution in [2.24, 2.45) is 0 Å². The summed E-state index contributed by atoms with van der Waals surface area (Å²) in [5, 5.41) is 23.9. The molecule has 3 N–H and O–H groups in total. The van der Waals surface area contributed by atoms with Crippen LogP contribution in [0.25, 0.3) is 0 Å². The van der Waals surface area contributed by atoms with Gasteiger partial charge >= 0.3 is 0 Å². The topological polar surface area (TPSA) is 228 Å². The van der Waals surface area contributed by atoms with Gasteiger partial charge in [0.05, 0.1) is 0 Å². The molecule has 99 heavy (non-hydrogen) atoms. The predicted octanol–water partition coefficient (Wildman–Crippen LogP) is 21.1. The molecule has 0 radical (unpaired) electrons. The zero-order chi connectivity index (χ0) is 78.4. The quantitative estimate of drug-likeness (QED) is 0.129. The van der Waals surface area contributed by atoms with Gasteiger partial charge in [-0.3, -0.25) is 14.4 Å². The van der Waals surface area contributed by atoms with Gasteiger partial charge in [-0.15, -0.1) is 31.7 Å². The molecule has 16 nitrogen and oxygen atoms in total. The molecule has 0 aliphatic carbocycles. The second-order valence-corrected chi connectivity index (χ2v) is 42.6. The van der Waals surface area contributed by atoms with Crippen LogP contribution in [-0.2, 0) is 75.8 Å². The highest BCUT2D eigenvalue weighted by Gasteiger charge is 2.32. The summed E-state index contributed by atoms with van der Waals surface area (Å²) in [6.45, 7) is 92.8. The van der Waals surface area contributed by atoms with Gasteiger partial charge in [0.1, 0.15) is 20.8 Å². The first kappa shape index (κ1) is 91.3. The summed E-state index contributed by atoms with van der Waals surface area (Å²) in [4.78, 5) is 53.1. The molecule has 7 heterocycles. The normalized spacial score (nSPS) is 13.2. The van der Waals surface area contributed by atoms with E-state index in [-0.39, 0.29) is 92.5 Å². The van der Waals surface area contributed by atoms with E-state index in [4.69, 9.17) is 8.94 Å². The minimum absolute atomic E-state index is 0.0236. The average molecular weight is 1410 g/mol. The second-order valence-electron chi connectivity index (χ2n) is 40.9. The van der Waals surface area contributed by atoms with Crippen molar-refractivity contribution in [2.75, 3.05) is 0 Å². The van der Waals surface area contributed by atoms with Gasteiger partial charge < -0.3 is 23.9 Å². The number of pyridine rings is 3. The predicted molar refractivity (Wildman–Crippen MR) is 421 cm³/mol. The fraction of sp³-hybridized carbons (Fsp3) is 0.716. The highest BCUT2D eigenvalue weighted by molar-refractivity contribution is 7.11. The Bertz CT molecular complexity index is 3480. The van der Waals surface area contributed by atoms with E-state index in [9.17, 15) is 14.4 Å². The maximum absolute atomic E-state index is 11.9. The van der Waals surface area contributed by atoms with Crippen LogP contribution in [0.5, 0.6) is 0 Å². The van der Waals surface area contributed by atoms with Gasteiger partial charge in [0.2, 0.25) is 17.7 Å². The van der Waals surface area contributed by atoms with Crippen LogP contribution in [0, 0.1) is 13.8 Å². The van der Waals surface area contributed by atoms with Gasteiger partial charge in [0.15, 0.2) is 5.82 Å². The van der Waals surface area contributed by atoms with Gasteiger partial charge in [-0.25, -0.2) is 4.98 Å². The fourth-order valence-corrected chi connectivity index (χ4v) is 10.9. The van der Waals surface area contributed by atoms with Crippen LogP contribution < -0.4 is 16.7 Å². The third-order valence-corrected chi connectivity index (χ3v) is 18.2. The lowest BCUT2D eigenvalue weighted by molar-refractivity contribution is 0.314. The first-order chi connectivity index (χ1) is 43.5. The third-order valence-electron chi connectivity index (χ3n) is 15.2. The Labute approximate surface area is 608 Å². The molecule has 7 rings (SSSR count). The zero-order valence-corrected chi connectivity index (χ0v) is 72.4. The van der Waals surface area contributed by atoms with Crippen LogP contribution in [0.15, 0.2) is 47.9 Å². The fourth-order valence-electron chi connectivity index (χ4n) is 9.06. The van der Waals surface area contributed by atoms with E-state index in [1.165, 1.54) is 28.2 Å². The molecule has 0 fully saturated rings. The van der Waals surface area contributed by atoms with E-state index in [0.717, 1.165) is 54.6 Å². The summed E-state index contributed by atoms with van der Waals surface area (Å²) in [7, 11) is 0. The molecule has 0 amide bonds. The van der Waals surface area contributed by atoms with E-state index in [1.807, 2.05) is 25.4 Å². The third kappa shape index (κ3) is 29.3. The number of aryl methyl sites for hydroxylation is 1. The molecule has 0 aliphatic heterocycles. The summed E-state index contributed by atoms with van der Waals surface area (Å²) in [6, 6.07) is 4.09. The van der Waals surface area contributed by atoms with Crippen molar-refractivity contribution in [3.8, 4) is 0 Å². The van der Waals surface area contributed by atoms with Crippen molar-refractivity contribution >= 4 is 22.9 Å². The largest absolute Gasteiger partial charge is 0.424 e. The number of H-pyrrole nitrogens is 3. The lowest BCUT2D eigenvalue weighted by Crippen LogP contribution is -2.29. The van der Waals surface area contributed by atoms with Gasteiger partial charge in [-0.1, -0.05) is 296 Å². The summed E-state index contributed by atoms with van der Waals surface area (Å²) >= 11 is 3.25. The van der Waals surface area contributed by atoms with Crippen molar-refractivity contribution in [2.45, 2.75) is 380 Å². The van der Waals surface area contributed by atoms with Crippen LogP contribution in [-0.4, -0.2) is 54.8 Å². The van der Waals surface area contributed by atoms with Crippen LogP contribution in [0.4, 0.5) is 0 Å². The molecule has 0 atom stereocenters. The molecular weight excluding hydrogens is 1270 g/mol. The van der Waals surface area contributed by atoms with E-state index < -0.39 is 0 Å². The SMILES string of the molecule is CC(C)(C)c1c[nH]c(=O)c(C(C)(C)C)c1.CC(C)(C)c1nnc(C(C)(C)C)o1.CC(C)(C)c1nnc(C(C)(C)C)s1.CC(C)(C)c1noc(C(C)(C)C)n1.CC(C)(C)c1nsc(C(C)(C)C)n1.Cc1[nH]c(=O)c(C(C)(C)C)cc1C(C)(C)C.Cc1c(C(C)(C)C)c[nH]c(=O)c1C(C)(C)C. The number of aromatic nitrogens is 11. The lowest BCUT2D eigenvalue weighted by atomic mass is 9.78. The molecule has 0 saturated heterocycles. The van der Waals surface area contributed by atoms with Gasteiger partial charge in [-0.05, 0) is 92.3 Å². The number of nitrogens with one attached hydrogen (secondary N) is 3. The van der Waals surface area contributed by atoms with Crippen molar-refractivity contribution in [1.82, 2.24) is 54.8 Å². The summed E-state index contributed by atoms with van der Waals surface area (Å²) in [6.07, 6.45) is 3.67. The number of nitrogens with zero attached hydrogens (tertiary/aromatic N) is 8. The number of rotatable bonds is 0. The average Bonchev–Trinajstić information content (AvgIpc) is 1.79. The Morgan fingerprint density at radius 3 is 1.01 bits per heavy atom. The highest BCUT2D eigenvalue weighted by atomic mass is 32.1. The Hall–Kier alpha value is -5.75. The molecule has 7 aromatic rings. The molecule has 0 spiro atoms. The Balaban J connectivity index is 0.000000579. The van der Waals surface area contributed by atoms with Crippen molar-refractivity contribution in [3.63, 3.8) is 0 Å². The van der Waals surface area contributed by atoms with Crippen molar-refractivity contribution < 1.29 is 8.94 Å². The lowest BCUT2D eigenvalue weighted by Gasteiger charge is -2.27. The van der Waals surface area contributed by atoms with E-state index in [0.29, 0.717) is 17.7 Å². The van der Waals surface area contributed by atoms with Crippen LogP contribution >= 0.6 is 22.9 Å². The molecule has 0 saturated carbocycles. The Morgan fingerprint density at radius 1 is 0.343 bits per heavy atom. The minimum atomic E-state index is -0.112. The number of hydrogen-bond donors (Lipinski definition) is 3. The zero-order valence-electron chi connectivity index (χ0n) is 70.7. The molecule has 560 valence electrons. The molecule has 0 aliphatic rings. The smallest absolute Gasteiger partial charge is 0.251 e. The first-order valence-corrected chi connectivity index (χ1v) is 36.7. The monoisotopic (exact) mass is 1410 g/mol. The van der Waals surface area contributed by atoms with Crippen LogP contribution in [0.1, 0.15) is 380 Å². The highest BCUT2D eigenvalue weighted by Crippen LogP contribution is 2.35. The second kappa shape index (κ2) is 32.3. The van der Waals surface area contributed by atoms with Crippen molar-refractivity contribution in [3.05, 3.63) is 145 Å². The van der Waals surface area contributed by atoms with Crippen LogP contribution in [0.2, 0.25) is 0 Å². The minimum Gasteiger partial charge on any atom is -0.424 e. The van der Waals surface area contributed by atoms with Gasteiger partial charge in [0.25, 0.3) is 16.7 Å². The molecule has 18 heteroatoms. The molecular formula is C81H139N11O5S2. The first-order valence-electron chi connectivity index (χ1n) is 35.1. The summed E-state index contributed by atoms with van der Waals surface area (Å²) < 4.78 is 15.2. The summed E-state index contributed by atoms with van der Waals surface area (Å²) in [5.74, 6) is 3.85. The van der Waals surface area contributed by atoms with Gasteiger partial charge in [-0.2, -0.15) is 9.36 Å². The Kier molecular flexibility index (Phi) is 29.8. The molecule has 0 unspecified atom stereocenters. The molecule has 0 aromatic carbocycles.